The number of anilines is 1. The molecule has 0 bridgehead atoms. The van der Waals surface area contributed by atoms with Crippen molar-refractivity contribution >= 4 is 21.7 Å². The van der Waals surface area contributed by atoms with Gasteiger partial charge in [0.25, 0.3) is 0 Å². The van der Waals surface area contributed by atoms with E-state index in [0.29, 0.717) is 12.4 Å². The first kappa shape index (κ1) is 11.0. The number of aromatic nitrogens is 1. The van der Waals surface area contributed by atoms with Gasteiger partial charge in [-0.05, 0) is 30.3 Å². The Balaban J connectivity index is 2.02. The molecular weight excluding hydrogens is 268 g/mol. The molecule has 82 valence electrons. The van der Waals surface area contributed by atoms with Crippen LogP contribution < -0.4 is 10.5 Å². The van der Waals surface area contributed by atoms with E-state index in [1.165, 1.54) is 0 Å². The molecule has 3 nitrogen and oxygen atoms in total. The second-order valence-electron chi connectivity index (χ2n) is 3.29. The van der Waals surface area contributed by atoms with Crippen molar-refractivity contribution in [1.29, 1.82) is 0 Å². The van der Waals surface area contributed by atoms with Gasteiger partial charge in [-0.3, -0.25) is 0 Å². The number of hydrogen-bond acceptors (Lipinski definition) is 3. The Morgan fingerprint density at radius 3 is 2.62 bits per heavy atom. The highest BCUT2D eigenvalue weighted by Gasteiger charge is 2.00. The molecule has 2 rings (SSSR count). The first-order valence-electron chi connectivity index (χ1n) is 4.83. The normalized spacial score (nSPS) is 10.1. The minimum Gasteiger partial charge on any atom is -0.489 e. The van der Waals surface area contributed by atoms with Crippen molar-refractivity contribution in [2.45, 2.75) is 6.61 Å². The number of nitrogen functional groups attached to an aromatic ring is 1. The largest absolute Gasteiger partial charge is 0.489 e. The van der Waals surface area contributed by atoms with E-state index in [1.807, 2.05) is 36.4 Å². The zero-order chi connectivity index (χ0) is 11.4. The van der Waals surface area contributed by atoms with Gasteiger partial charge in [0.1, 0.15) is 18.2 Å². The molecule has 1 heterocycles. The highest BCUT2D eigenvalue weighted by molar-refractivity contribution is 9.10. The summed E-state index contributed by atoms with van der Waals surface area (Å²) in [6.07, 6.45) is 1.67. The number of benzene rings is 1. The zero-order valence-electron chi connectivity index (χ0n) is 8.56. The predicted molar refractivity (Wildman–Crippen MR) is 67.1 cm³/mol. The maximum Gasteiger partial charge on any atom is 0.129 e. The second-order valence-corrected chi connectivity index (χ2v) is 4.21. The molecule has 1 aromatic carbocycles. The summed E-state index contributed by atoms with van der Waals surface area (Å²) < 4.78 is 6.62. The first-order chi connectivity index (χ1) is 7.75. The number of nitrogens with two attached hydrogens (primary N) is 1. The number of halogens is 1. The van der Waals surface area contributed by atoms with E-state index < -0.39 is 0 Å². The molecule has 0 saturated heterocycles. The summed E-state index contributed by atoms with van der Waals surface area (Å²) in [5.74, 6) is 1.33. The van der Waals surface area contributed by atoms with Crippen LogP contribution in [0.4, 0.5) is 5.82 Å². The minimum absolute atomic E-state index is 0.432. The molecule has 0 amide bonds. The van der Waals surface area contributed by atoms with Gasteiger partial charge < -0.3 is 10.5 Å². The van der Waals surface area contributed by atoms with Crippen LogP contribution in [0.5, 0.6) is 5.75 Å². The van der Waals surface area contributed by atoms with Crippen LogP contribution >= 0.6 is 15.9 Å². The van der Waals surface area contributed by atoms with Crippen LogP contribution in [-0.2, 0) is 6.61 Å². The molecule has 16 heavy (non-hydrogen) atoms. The van der Waals surface area contributed by atoms with Crippen molar-refractivity contribution in [3.63, 3.8) is 0 Å². The summed E-state index contributed by atoms with van der Waals surface area (Å²) in [5, 5.41) is 0. The van der Waals surface area contributed by atoms with Crippen LogP contribution in [0.15, 0.2) is 47.1 Å². The molecule has 0 saturated carbocycles. The lowest BCUT2D eigenvalue weighted by Crippen LogP contribution is -2.01. The molecule has 1 aromatic heterocycles. The van der Waals surface area contributed by atoms with Crippen molar-refractivity contribution in [1.82, 2.24) is 4.98 Å². The van der Waals surface area contributed by atoms with Crippen molar-refractivity contribution in [2.24, 2.45) is 0 Å². The van der Waals surface area contributed by atoms with Crippen molar-refractivity contribution in [2.75, 3.05) is 5.73 Å². The third-order valence-electron chi connectivity index (χ3n) is 2.13. The number of rotatable bonds is 3. The summed E-state index contributed by atoms with van der Waals surface area (Å²) in [5.41, 5.74) is 6.60. The maximum atomic E-state index is 5.71. The Hall–Kier alpha value is -1.55. The maximum absolute atomic E-state index is 5.71. The molecule has 0 aliphatic heterocycles. The number of hydrogen-bond donors (Lipinski definition) is 1. The third kappa shape index (κ3) is 2.73. The Morgan fingerprint density at radius 2 is 1.94 bits per heavy atom. The van der Waals surface area contributed by atoms with E-state index in [2.05, 4.69) is 20.9 Å². The molecule has 0 spiro atoms. The third-order valence-corrected chi connectivity index (χ3v) is 2.66. The highest BCUT2D eigenvalue weighted by Crippen LogP contribution is 2.18. The summed E-state index contributed by atoms with van der Waals surface area (Å²) in [6, 6.07) is 11.4. The van der Waals surface area contributed by atoms with Gasteiger partial charge in [-0.2, -0.15) is 0 Å². The van der Waals surface area contributed by atoms with Gasteiger partial charge >= 0.3 is 0 Å². The molecule has 2 N–H and O–H groups in total. The highest BCUT2D eigenvalue weighted by atomic mass is 79.9. The van der Waals surface area contributed by atoms with Crippen molar-refractivity contribution in [3.8, 4) is 5.75 Å². The average Bonchev–Trinajstić information content (AvgIpc) is 2.30. The molecule has 0 aliphatic carbocycles. The number of ether oxygens (including phenoxy) is 1. The van der Waals surface area contributed by atoms with E-state index >= 15 is 0 Å². The molecular formula is C12H11BrN2O. The Morgan fingerprint density at radius 1 is 1.19 bits per heavy atom. The van der Waals surface area contributed by atoms with Crippen LogP contribution in [0.1, 0.15) is 5.56 Å². The summed E-state index contributed by atoms with van der Waals surface area (Å²) in [7, 11) is 0. The van der Waals surface area contributed by atoms with Crippen LogP contribution in [0, 0.1) is 0 Å². The van der Waals surface area contributed by atoms with Crippen LogP contribution in [0.25, 0.3) is 0 Å². The van der Waals surface area contributed by atoms with Crippen LogP contribution in [0.2, 0.25) is 0 Å². The number of nitrogens with zero attached hydrogens (tertiary/aromatic N) is 1. The van der Waals surface area contributed by atoms with Gasteiger partial charge in [-0.1, -0.05) is 22.0 Å². The molecule has 0 fully saturated rings. The fourth-order valence-electron chi connectivity index (χ4n) is 1.26. The molecule has 2 aromatic rings. The Kier molecular flexibility index (Phi) is 3.41. The molecule has 0 radical (unpaired) electrons. The van der Waals surface area contributed by atoms with Crippen LogP contribution in [-0.4, -0.2) is 4.98 Å². The lowest BCUT2D eigenvalue weighted by molar-refractivity contribution is 0.306. The lowest BCUT2D eigenvalue weighted by atomic mass is 10.3. The second kappa shape index (κ2) is 4.99. The Bertz CT molecular complexity index is 471. The summed E-state index contributed by atoms with van der Waals surface area (Å²) >= 11 is 3.37. The average molecular weight is 279 g/mol. The Labute approximate surface area is 102 Å². The molecule has 4 heteroatoms. The standard InChI is InChI=1S/C12H11BrN2O/c13-10-3-5-11(6-4-10)16-8-9-2-1-7-15-12(9)14/h1-7H,8H2,(H2,14,15). The monoisotopic (exact) mass is 278 g/mol. The fraction of sp³-hybridized carbons (Fsp3) is 0.0833. The first-order valence-corrected chi connectivity index (χ1v) is 5.63. The van der Waals surface area contributed by atoms with Gasteiger partial charge in [-0.25, -0.2) is 4.98 Å². The SMILES string of the molecule is Nc1ncccc1COc1ccc(Br)cc1. The smallest absolute Gasteiger partial charge is 0.129 e. The van der Waals surface area contributed by atoms with E-state index in [0.717, 1.165) is 15.8 Å². The van der Waals surface area contributed by atoms with E-state index in [9.17, 15) is 0 Å². The molecule has 0 aliphatic rings. The van der Waals surface area contributed by atoms with E-state index in [-0.39, 0.29) is 0 Å². The zero-order valence-corrected chi connectivity index (χ0v) is 10.1. The van der Waals surface area contributed by atoms with Gasteiger partial charge in [0, 0.05) is 16.2 Å². The van der Waals surface area contributed by atoms with Gasteiger partial charge in [0.05, 0.1) is 0 Å². The van der Waals surface area contributed by atoms with Gasteiger partial charge in [0.15, 0.2) is 0 Å². The van der Waals surface area contributed by atoms with Crippen molar-refractivity contribution < 1.29 is 4.74 Å². The molecule has 0 atom stereocenters. The predicted octanol–water partition coefficient (Wildman–Crippen LogP) is 3.01. The quantitative estimate of drug-likeness (QED) is 0.939. The van der Waals surface area contributed by atoms with Gasteiger partial charge in [0.2, 0.25) is 0 Å². The van der Waals surface area contributed by atoms with Crippen LogP contribution in [0.3, 0.4) is 0 Å². The summed E-state index contributed by atoms with van der Waals surface area (Å²) in [4.78, 5) is 4.00. The lowest BCUT2D eigenvalue weighted by Gasteiger charge is -2.07. The molecule has 0 unspecified atom stereocenters. The fourth-order valence-corrected chi connectivity index (χ4v) is 1.53. The summed E-state index contributed by atoms with van der Waals surface area (Å²) in [6.45, 7) is 0.432. The van der Waals surface area contributed by atoms with Crippen molar-refractivity contribution in [3.05, 3.63) is 52.6 Å². The van der Waals surface area contributed by atoms with Gasteiger partial charge in [-0.15, -0.1) is 0 Å². The minimum atomic E-state index is 0.432. The topological polar surface area (TPSA) is 48.1 Å². The number of pyridine rings is 1. The van der Waals surface area contributed by atoms with E-state index in [1.54, 1.807) is 6.20 Å². The van der Waals surface area contributed by atoms with E-state index in [4.69, 9.17) is 10.5 Å².